The molecule has 0 spiro atoms. The third kappa shape index (κ3) is 3.85. The van der Waals surface area contributed by atoms with Crippen LogP contribution in [0, 0.1) is 5.82 Å². The van der Waals surface area contributed by atoms with Crippen LogP contribution in [0.4, 0.5) is 4.39 Å². The van der Waals surface area contributed by atoms with E-state index in [2.05, 4.69) is 20.8 Å². The van der Waals surface area contributed by atoms with E-state index >= 15 is 0 Å². The fraction of sp³-hybridized carbons (Fsp3) is 0.294. The number of hydrogen-bond donors (Lipinski definition) is 0. The highest BCUT2D eigenvalue weighted by atomic mass is 79.9. The minimum absolute atomic E-state index is 0.220. The molecule has 1 aliphatic heterocycles. The molecule has 1 heterocycles. The van der Waals surface area contributed by atoms with Gasteiger partial charge >= 0.3 is 0 Å². The zero-order chi connectivity index (χ0) is 17.2. The van der Waals surface area contributed by atoms with Crippen molar-refractivity contribution in [3.8, 4) is 0 Å². The highest BCUT2D eigenvalue weighted by Crippen LogP contribution is 2.21. The Bertz CT molecular complexity index is 804. The largest absolute Gasteiger partial charge is 0.296 e. The second-order valence-corrected chi connectivity index (χ2v) is 8.58. The van der Waals surface area contributed by atoms with Crippen molar-refractivity contribution in [1.29, 1.82) is 0 Å². The summed E-state index contributed by atoms with van der Waals surface area (Å²) in [7, 11) is -3.47. The molecule has 1 fully saturated rings. The van der Waals surface area contributed by atoms with E-state index < -0.39 is 10.0 Å². The summed E-state index contributed by atoms with van der Waals surface area (Å²) in [5.41, 5.74) is 0.640. The Labute approximate surface area is 150 Å². The first-order valence-corrected chi connectivity index (χ1v) is 9.91. The monoisotopic (exact) mass is 412 g/mol. The highest BCUT2D eigenvalue weighted by Gasteiger charge is 2.28. The van der Waals surface area contributed by atoms with E-state index in [1.54, 1.807) is 36.4 Å². The standard InChI is InChI=1S/C17H18BrFN2O2S/c18-15-5-7-16(8-6-15)24(22,23)21-11-9-20(10-12-21)13-14-3-1-2-4-17(14)19/h1-8H,9-13H2. The summed E-state index contributed by atoms with van der Waals surface area (Å²) in [5.74, 6) is -0.220. The van der Waals surface area contributed by atoms with Gasteiger partial charge in [-0.05, 0) is 30.3 Å². The summed E-state index contributed by atoms with van der Waals surface area (Å²) >= 11 is 3.31. The topological polar surface area (TPSA) is 40.6 Å². The Hall–Kier alpha value is -1.28. The van der Waals surface area contributed by atoms with E-state index in [9.17, 15) is 12.8 Å². The molecule has 0 aliphatic carbocycles. The number of nitrogens with zero attached hydrogens (tertiary/aromatic N) is 2. The quantitative estimate of drug-likeness (QED) is 0.774. The van der Waals surface area contributed by atoms with Crippen molar-refractivity contribution in [3.05, 3.63) is 64.4 Å². The van der Waals surface area contributed by atoms with Gasteiger partial charge in [0, 0.05) is 42.8 Å². The Balaban J connectivity index is 1.64. The number of benzene rings is 2. The second-order valence-electron chi connectivity index (χ2n) is 5.73. The molecule has 0 aromatic heterocycles. The Morgan fingerprint density at radius 2 is 1.58 bits per heavy atom. The van der Waals surface area contributed by atoms with E-state index in [0.717, 1.165) is 4.47 Å². The third-order valence-electron chi connectivity index (χ3n) is 4.13. The fourth-order valence-electron chi connectivity index (χ4n) is 2.75. The van der Waals surface area contributed by atoms with Crippen molar-refractivity contribution in [2.24, 2.45) is 0 Å². The van der Waals surface area contributed by atoms with Gasteiger partial charge in [0.2, 0.25) is 10.0 Å². The lowest BCUT2D eigenvalue weighted by atomic mass is 10.2. The molecule has 0 saturated carbocycles. The molecule has 0 N–H and O–H groups in total. The van der Waals surface area contributed by atoms with E-state index in [-0.39, 0.29) is 5.82 Å². The number of hydrogen-bond acceptors (Lipinski definition) is 3. The van der Waals surface area contributed by atoms with E-state index in [0.29, 0.717) is 43.2 Å². The van der Waals surface area contributed by atoms with Gasteiger partial charge in [-0.25, -0.2) is 12.8 Å². The lowest BCUT2D eigenvalue weighted by Crippen LogP contribution is -2.48. The van der Waals surface area contributed by atoms with Gasteiger partial charge < -0.3 is 0 Å². The molecule has 2 aromatic rings. The second kappa shape index (κ2) is 7.31. The summed E-state index contributed by atoms with van der Waals surface area (Å²) in [4.78, 5) is 2.37. The van der Waals surface area contributed by atoms with Crippen LogP contribution in [0.15, 0.2) is 57.9 Å². The minimum atomic E-state index is -3.47. The molecular weight excluding hydrogens is 395 g/mol. The van der Waals surface area contributed by atoms with Crippen LogP contribution >= 0.6 is 15.9 Å². The van der Waals surface area contributed by atoms with Crippen molar-refractivity contribution >= 4 is 26.0 Å². The van der Waals surface area contributed by atoms with Crippen molar-refractivity contribution in [2.45, 2.75) is 11.4 Å². The normalized spacial score (nSPS) is 17.1. The molecule has 0 bridgehead atoms. The molecule has 0 unspecified atom stereocenters. The summed E-state index contributed by atoms with van der Waals surface area (Å²) in [6, 6.07) is 13.3. The zero-order valence-electron chi connectivity index (χ0n) is 13.0. The molecule has 3 rings (SSSR count). The summed E-state index contributed by atoms with van der Waals surface area (Å²) in [6.45, 7) is 2.49. The molecule has 1 saturated heterocycles. The van der Waals surface area contributed by atoms with Crippen LogP contribution in [0.1, 0.15) is 5.56 Å². The Kier molecular flexibility index (Phi) is 5.34. The van der Waals surface area contributed by atoms with Gasteiger partial charge in [0.25, 0.3) is 0 Å². The van der Waals surface area contributed by atoms with E-state index in [4.69, 9.17) is 0 Å². The van der Waals surface area contributed by atoms with Crippen LogP contribution in [-0.4, -0.2) is 43.8 Å². The van der Waals surface area contributed by atoms with Gasteiger partial charge in [-0.1, -0.05) is 34.1 Å². The average molecular weight is 413 g/mol. The molecular formula is C17H18BrFN2O2S. The molecule has 4 nitrogen and oxygen atoms in total. The van der Waals surface area contributed by atoms with Crippen molar-refractivity contribution < 1.29 is 12.8 Å². The molecule has 128 valence electrons. The molecule has 0 amide bonds. The SMILES string of the molecule is O=S(=O)(c1ccc(Br)cc1)N1CCN(Cc2ccccc2F)CC1. The van der Waals surface area contributed by atoms with Crippen molar-refractivity contribution in [1.82, 2.24) is 9.21 Å². The van der Waals surface area contributed by atoms with Gasteiger partial charge in [-0.3, -0.25) is 4.90 Å². The van der Waals surface area contributed by atoms with Crippen molar-refractivity contribution in [2.75, 3.05) is 26.2 Å². The molecule has 0 radical (unpaired) electrons. The molecule has 0 atom stereocenters. The van der Waals surface area contributed by atoms with Gasteiger partial charge in [-0.15, -0.1) is 0 Å². The fourth-order valence-corrected chi connectivity index (χ4v) is 4.44. The minimum Gasteiger partial charge on any atom is -0.296 e. The summed E-state index contributed by atoms with van der Waals surface area (Å²) in [6.07, 6.45) is 0. The first-order valence-electron chi connectivity index (χ1n) is 7.68. The first kappa shape index (κ1) is 17.5. The summed E-state index contributed by atoms with van der Waals surface area (Å²) in [5, 5.41) is 0. The molecule has 2 aromatic carbocycles. The first-order chi connectivity index (χ1) is 11.5. The predicted molar refractivity (Wildman–Crippen MR) is 94.6 cm³/mol. The van der Waals surface area contributed by atoms with E-state index in [1.807, 2.05) is 6.07 Å². The van der Waals surface area contributed by atoms with Gasteiger partial charge in [0.15, 0.2) is 0 Å². The van der Waals surface area contributed by atoms with Crippen LogP contribution < -0.4 is 0 Å². The Morgan fingerprint density at radius 3 is 2.21 bits per heavy atom. The number of halogens is 2. The predicted octanol–water partition coefficient (Wildman–Crippen LogP) is 3.09. The van der Waals surface area contributed by atoms with Crippen LogP contribution in [-0.2, 0) is 16.6 Å². The van der Waals surface area contributed by atoms with Gasteiger partial charge in [0.1, 0.15) is 5.82 Å². The number of sulfonamides is 1. The van der Waals surface area contributed by atoms with Crippen molar-refractivity contribution in [3.63, 3.8) is 0 Å². The third-order valence-corrected chi connectivity index (χ3v) is 6.58. The Morgan fingerprint density at radius 1 is 0.958 bits per heavy atom. The molecule has 24 heavy (non-hydrogen) atoms. The maximum Gasteiger partial charge on any atom is 0.243 e. The van der Waals surface area contributed by atoms with Crippen LogP contribution in [0.3, 0.4) is 0 Å². The summed E-state index contributed by atoms with van der Waals surface area (Å²) < 4.78 is 41.4. The molecule has 7 heteroatoms. The maximum atomic E-state index is 13.7. The number of piperazine rings is 1. The van der Waals surface area contributed by atoms with Gasteiger partial charge in [-0.2, -0.15) is 4.31 Å². The smallest absolute Gasteiger partial charge is 0.243 e. The average Bonchev–Trinajstić information content (AvgIpc) is 2.58. The van der Waals surface area contributed by atoms with Crippen LogP contribution in [0.5, 0.6) is 0 Å². The van der Waals surface area contributed by atoms with Crippen LogP contribution in [0.25, 0.3) is 0 Å². The van der Waals surface area contributed by atoms with E-state index in [1.165, 1.54) is 10.4 Å². The lowest BCUT2D eigenvalue weighted by Gasteiger charge is -2.34. The maximum absolute atomic E-state index is 13.7. The zero-order valence-corrected chi connectivity index (χ0v) is 15.4. The molecule has 1 aliphatic rings. The highest BCUT2D eigenvalue weighted by molar-refractivity contribution is 9.10. The van der Waals surface area contributed by atoms with Crippen LogP contribution in [0.2, 0.25) is 0 Å². The lowest BCUT2D eigenvalue weighted by molar-refractivity contribution is 0.180. The number of rotatable bonds is 4. The van der Waals surface area contributed by atoms with Gasteiger partial charge in [0.05, 0.1) is 4.90 Å².